The minimum Gasteiger partial charge on any atom is -0.466 e. The molecule has 1 N–H and O–H groups in total. The predicted molar refractivity (Wildman–Crippen MR) is 72.1 cm³/mol. The standard InChI is InChI=1S/C13H21NOS/c1-5-7-16-8-6-14-11(3)13-9-10(2)15-12(13)4/h5,9,11,14H,1,6-8H2,2-4H3. The molecule has 0 bridgehead atoms. The molecule has 0 saturated heterocycles. The number of rotatable bonds is 7. The van der Waals surface area contributed by atoms with Crippen molar-refractivity contribution in [2.45, 2.75) is 26.8 Å². The van der Waals surface area contributed by atoms with Gasteiger partial charge < -0.3 is 9.73 Å². The average molecular weight is 239 g/mol. The molecule has 0 aromatic carbocycles. The van der Waals surface area contributed by atoms with Gasteiger partial charge in [0.15, 0.2) is 0 Å². The molecule has 1 unspecified atom stereocenters. The van der Waals surface area contributed by atoms with Crippen molar-refractivity contribution in [3.63, 3.8) is 0 Å². The van der Waals surface area contributed by atoms with Crippen molar-refractivity contribution in [2.75, 3.05) is 18.1 Å². The Labute approximate surface area is 102 Å². The van der Waals surface area contributed by atoms with Gasteiger partial charge in [-0.3, -0.25) is 0 Å². The van der Waals surface area contributed by atoms with Gasteiger partial charge in [-0.25, -0.2) is 0 Å². The first-order valence-corrected chi connectivity index (χ1v) is 6.79. The Bertz CT molecular complexity index is 333. The summed E-state index contributed by atoms with van der Waals surface area (Å²) in [6.45, 7) is 10.9. The van der Waals surface area contributed by atoms with Crippen LogP contribution in [0.3, 0.4) is 0 Å². The Morgan fingerprint density at radius 3 is 2.88 bits per heavy atom. The van der Waals surface area contributed by atoms with Gasteiger partial charge in [-0.1, -0.05) is 6.08 Å². The van der Waals surface area contributed by atoms with E-state index in [2.05, 4.69) is 24.9 Å². The zero-order valence-electron chi connectivity index (χ0n) is 10.4. The Hall–Kier alpha value is -0.670. The van der Waals surface area contributed by atoms with E-state index >= 15 is 0 Å². The fraction of sp³-hybridized carbons (Fsp3) is 0.538. The minimum absolute atomic E-state index is 0.363. The molecule has 1 aromatic heterocycles. The Morgan fingerprint density at radius 2 is 2.31 bits per heavy atom. The highest BCUT2D eigenvalue weighted by atomic mass is 32.2. The van der Waals surface area contributed by atoms with Crippen LogP contribution >= 0.6 is 11.8 Å². The number of furan rings is 1. The molecule has 0 radical (unpaired) electrons. The lowest BCUT2D eigenvalue weighted by atomic mass is 10.1. The van der Waals surface area contributed by atoms with E-state index in [1.54, 1.807) is 0 Å². The predicted octanol–water partition coefficient (Wildman–Crippen LogP) is 3.47. The lowest BCUT2D eigenvalue weighted by Gasteiger charge is -2.12. The molecule has 16 heavy (non-hydrogen) atoms. The summed E-state index contributed by atoms with van der Waals surface area (Å²) in [5.41, 5.74) is 1.27. The zero-order chi connectivity index (χ0) is 12.0. The maximum absolute atomic E-state index is 5.52. The largest absolute Gasteiger partial charge is 0.466 e. The third-order valence-corrected chi connectivity index (χ3v) is 3.44. The van der Waals surface area contributed by atoms with Crippen LogP contribution in [-0.2, 0) is 0 Å². The fourth-order valence-electron chi connectivity index (χ4n) is 1.70. The summed E-state index contributed by atoms with van der Waals surface area (Å²) in [5.74, 6) is 4.16. The third kappa shape index (κ3) is 4.06. The third-order valence-electron chi connectivity index (χ3n) is 2.48. The van der Waals surface area contributed by atoms with E-state index in [9.17, 15) is 0 Å². The van der Waals surface area contributed by atoms with Crippen molar-refractivity contribution >= 4 is 11.8 Å². The van der Waals surface area contributed by atoms with E-state index in [-0.39, 0.29) is 0 Å². The van der Waals surface area contributed by atoms with Gasteiger partial charge in [0.05, 0.1) is 0 Å². The number of hydrogen-bond donors (Lipinski definition) is 1. The molecule has 0 saturated carbocycles. The monoisotopic (exact) mass is 239 g/mol. The highest BCUT2D eigenvalue weighted by Gasteiger charge is 2.11. The van der Waals surface area contributed by atoms with E-state index in [0.717, 1.165) is 29.6 Å². The van der Waals surface area contributed by atoms with Crippen molar-refractivity contribution in [1.29, 1.82) is 0 Å². The van der Waals surface area contributed by atoms with Gasteiger partial charge in [-0.05, 0) is 26.8 Å². The first kappa shape index (κ1) is 13.4. The van der Waals surface area contributed by atoms with E-state index in [1.165, 1.54) is 5.56 Å². The van der Waals surface area contributed by atoms with Crippen LogP contribution in [-0.4, -0.2) is 18.1 Å². The molecule has 0 aliphatic rings. The van der Waals surface area contributed by atoms with Crippen LogP contribution < -0.4 is 5.32 Å². The maximum atomic E-state index is 5.52. The molecule has 90 valence electrons. The Kier molecular flexibility index (Phi) is 5.71. The maximum Gasteiger partial charge on any atom is 0.105 e. The summed E-state index contributed by atoms with van der Waals surface area (Å²) in [6.07, 6.45) is 1.94. The van der Waals surface area contributed by atoms with E-state index in [4.69, 9.17) is 4.42 Å². The summed E-state index contributed by atoms with van der Waals surface area (Å²) in [5, 5.41) is 3.50. The van der Waals surface area contributed by atoms with Gasteiger partial charge in [-0.2, -0.15) is 11.8 Å². The Balaban J connectivity index is 2.32. The quantitative estimate of drug-likeness (QED) is 0.582. The zero-order valence-corrected chi connectivity index (χ0v) is 11.2. The van der Waals surface area contributed by atoms with Crippen LogP contribution in [0.4, 0.5) is 0 Å². The normalized spacial score (nSPS) is 12.7. The van der Waals surface area contributed by atoms with Crippen LogP contribution in [0.15, 0.2) is 23.1 Å². The topological polar surface area (TPSA) is 25.2 Å². The first-order chi connectivity index (χ1) is 7.65. The highest BCUT2D eigenvalue weighted by Crippen LogP contribution is 2.20. The molecule has 0 aliphatic heterocycles. The van der Waals surface area contributed by atoms with Gasteiger partial charge in [0.25, 0.3) is 0 Å². The molecule has 1 rings (SSSR count). The summed E-state index contributed by atoms with van der Waals surface area (Å²) in [4.78, 5) is 0. The molecule has 1 heterocycles. The molecular formula is C13H21NOS. The van der Waals surface area contributed by atoms with Crippen molar-refractivity contribution in [2.24, 2.45) is 0 Å². The smallest absolute Gasteiger partial charge is 0.105 e. The van der Waals surface area contributed by atoms with Crippen molar-refractivity contribution < 1.29 is 4.42 Å². The van der Waals surface area contributed by atoms with Crippen molar-refractivity contribution in [3.05, 3.63) is 35.8 Å². The summed E-state index contributed by atoms with van der Waals surface area (Å²) >= 11 is 1.90. The van der Waals surface area contributed by atoms with Gasteiger partial charge in [0.2, 0.25) is 0 Å². The van der Waals surface area contributed by atoms with E-state index < -0.39 is 0 Å². The SMILES string of the molecule is C=CCSCCNC(C)c1cc(C)oc1C. The minimum atomic E-state index is 0.363. The van der Waals surface area contributed by atoms with E-state index in [1.807, 2.05) is 31.7 Å². The van der Waals surface area contributed by atoms with Gasteiger partial charge in [0, 0.05) is 29.7 Å². The van der Waals surface area contributed by atoms with E-state index in [0.29, 0.717) is 6.04 Å². The van der Waals surface area contributed by atoms with Crippen LogP contribution in [0.5, 0.6) is 0 Å². The number of thioether (sulfide) groups is 1. The first-order valence-electron chi connectivity index (χ1n) is 5.64. The van der Waals surface area contributed by atoms with Crippen LogP contribution in [0, 0.1) is 13.8 Å². The molecule has 0 amide bonds. The van der Waals surface area contributed by atoms with Gasteiger partial charge in [-0.15, -0.1) is 6.58 Å². The second kappa shape index (κ2) is 6.81. The number of hydrogen-bond acceptors (Lipinski definition) is 3. The summed E-state index contributed by atoms with van der Waals surface area (Å²) in [6, 6.07) is 2.48. The van der Waals surface area contributed by atoms with Gasteiger partial charge >= 0.3 is 0 Å². The van der Waals surface area contributed by atoms with Crippen LogP contribution in [0.1, 0.15) is 30.0 Å². The lowest BCUT2D eigenvalue weighted by Crippen LogP contribution is -2.21. The van der Waals surface area contributed by atoms with Gasteiger partial charge in [0.1, 0.15) is 11.5 Å². The van der Waals surface area contributed by atoms with Crippen LogP contribution in [0.2, 0.25) is 0 Å². The average Bonchev–Trinajstić information content (AvgIpc) is 2.57. The summed E-state index contributed by atoms with van der Waals surface area (Å²) in [7, 11) is 0. The fourth-order valence-corrected chi connectivity index (χ4v) is 2.30. The van der Waals surface area contributed by atoms with Crippen molar-refractivity contribution in [1.82, 2.24) is 5.32 Å². The summed E-state index contributed by atoms with van der Waals surface area (Å²) < 4.78 is 5.52. The van der Waals surface area contributed by atoms with Crippen LogP contribution in [0.25, 0.3) is 0 Å². The highest BCUT2D eigenvalue weighted by molar-refractivity contribution is 7.99. The molecule has 2 nitrogen and oxygen atoms in total. The molecule has 1 atom stereocenters. The second-order valence-corrected chi connectivity index (χ2v) is 5.06. The van der Waals surface area contributed by atoms with Crippen molar-refractivity contribution in [3.8, 4) is 0 Å². The molecular weight excluding hydrogens is 218 g/mol. The lowest BCUT2D eigenvalue weighted by molar-refractivity contribution is 0.492. The molecule has 0 aliphatic carbocycles. The Morgan fingerprint density at radius 1 is 1.56 bits per heavy atom. The molecule has 3 heteroatoms. The second-order valence-electron chi connectivity index (χ2n) is 3.91. The molecule has 0 spiro atoms. The number of nitrogens with one attached hydrogen (secondary N) is 1. The number of aryl methyl sites for hydroxylation is 2. The molecule has 0 fully saturated rings. The molecule has 1 aromatic rings.